The van der Waals surface area contributed by atoms with E-state index in [1.165, 1.54) is 6.20 Å². The van der Waals surface area contributed by atoms with E-state index in [1.54, 1.807) is 48.4 Å². The zero-order chi connectivity index (χ0) is 21.4. The Morgan fingerprint density at radius 2 is 2.13 bits per heavy atom. The van der Waals surface area contributed by atoms with Crippen molar-refractivity contribution < 1.29 is 9.32 Å². The van der Waals surface area contributed by atoms with Crippen LogP contribution in [0.3, 0.4) is 0 Å². The Balaban J connectivity index is 1.35. The lowest BCUT2D eigenvalue weighted by molar-refractivity contribution is 0.102. The number of nitrogens with one attached hydrogen (secondary N) is 3. The highest BCUT2D eigenvalue weighted by Gasteiger charge is 2.14. The number of aromatic nitrogens is 6. The van der Waals surface area contributed by atoms with E-state index >= 15 is 0 Å². The van der Waals surface area contributed by atoms with Gasteiger partial charge >= 0.3 is 6.01 Å². The molecule has 0 saturated carbocycles. The van der Waals surface area contributed by atoms with Gasteiger partial charge in [0.1, 0.15) is 0 Å². The number of carbonyl (C=O) groups excluding carboxylic acids is 1. The molecule has 0 unspecified atom stereocenters. The first-order chi connectivity index (χ1) is 15.1. The van der Waals surface area contributed by atoms with E-state index in [0.717, 1.165) is 10.9 Å². The number of fused-ring (bicyclic) bond motifs is 1. The van der Waals surface area contributed by atoms with Crippen molar-refractivity contribution in [3.05, 3.63) is 65.6 Å². The van der Waals surface area contributed by atoms with E-state index < -0.39 is 0 Å². The first-order valence-corrected chi connectivity index (χ1v) is 9.57. The molecule has 0 fully saturated rings. The number of H-pyrrole nitrogens is 1. The summed E-state index contributed by atoms with van der Waals surface area (Å²) in [5.41, 5.74) is 3.18. The van der Waals surface area contributed by atoms with Crippen LogP contribution in [0.2, 0.25) is 5.02 Å². The summed E-state index contributed by atoms with van der Waals surface area (Å²) in [5, 5.41) is 22.0. The van der Waals surface area contributed by atoms with Crippen molar-refractivity contribution in [2.75, 3.05) is 10.6 Å². The summed E-state index contributed by atoms with van der Waals surface area (Å²) in [4.78, 5) is 16.7. The standard InChI is InChI=1S/C20H15ClN8O2/c1-29-10-12(8-23-29)19(30)24-13-4-2-3-11(7-13)18-26-20(31-28-18)25-16-6-5-15-14(17(16)21)9-22-27-15/h2-10H,1H3,(H,22,27)(H,24,30)(H,25,26,28). The Bertz CT molecular complexity index is 1400. The maximum atomic E-state index is 12.3. The van der Waals surface area contributed by atoms with Gasteiger partial charge in [0.05, 0.1) is 34.2 Å². The number of aromatic amines is 1. The van der Waals surface area contributed by atoms with Crippen LogP contribution >= 0.6 is 11.6 Å². The lowest BCUT2D eigenvalue weighted by atomic mass is 10.2. The molecule has 0 spiro atoms. The topological polar surface area (TPSA) is 127 Å². The largest absolute Gasteiger partial charge is 0.326 e. The minimum absolute atomic E-state index is 0.185. The molecule has 1 amide bonds. The SMILES string of the molecule is Cn1cc(C(=O)Nc2cccc(-c3noc(Nc4ccc5[nH]ncc5c4Cl)n3)c2)cn1. The molecule has 3 heterocycles. The van der Waals surface area contributed by atoms with Crippen molar-refractivity contribution in [3.63, 3.8) is 0 Å². The molecule has 3 aromatic heterocycles. The summed E-state index contributed by atoms with van der Waals surface area (Å²) < 4.78 is 6.88. The maximum Gasteiger partial charge on any atom is 0.326 e. The highest BCUT2D eigenvalue weighted by Crippen LogP contribution is 2.32. The van der Waals surface area contributed by atoms with Gasteiger partial charge in [0.2, 0.25) is 5.82 Å². The van der Waals surface area contributed by atoms with Crippen molar-refractivity contribution in [2.24, 2.45) is 7.05 Å². The number of halogens is 1. The number of carbonyl (C=O) groups is 1. The van der Waals surface area contributed by atoms with Crippen LogP contribution in [0.15, 0.2) is 59.5 Å². The molecular formula is C20H15ClN8O2. The van der Waals surface area contributed by atoms with Gasteiger partial charge in [0.25, 0.3) is 5.91 Å². The van der Waals surface area contributed by atoms with Crippen molar-refractivity contribution >= 4 is 45.8 Å². The Labute approximate surface area is 180 Å². The lowest BCUT2D eigenvalue weighted by Gasteiger charge is -2.05. The zero-order valence-electron chi connectivity index (χ0n) is 16.1. The number of nitrogens with zero attached hydrogens (tertiary/aromatic N) is 5. The molecule has 0 aliphatic rings. The van der Waals surface area contributed by atoms with Crippen LogP contribution < -0.4 is 10.6 Å². The Hall–Kier alpha value is -4.18. The predicted octanol–water partition coefficient (Wildman–Crippen LogP) is 4.00. The number of rotatable bonds is 5. The second-order valence-corrected chi connectivity index (χ2v) is 7.12. The zero-order valence-corrected chi connectivity index (χ0v) is 16.9. The third-order valence-electron chi connectivity index (χ3n) is 4.57. The monoisotopic (exact) mass is 434 g/mol. The number of amides is 1. The Morgan fingerprint density at radius 3 is 2.97 bits per heavy atom. The number of benzene rings is 2. The summed E-state index contributed by atoms with van der Waals surface area (Å²) in [7, 11) is 1.75. The second kappa shape index (κ2) is 7.58. The lowest BCUT2D eigenvalue weighted by Crippen LogP contribution is -2.11. The van der Waals surface area contributed by atoms with Crippen LogP contribution in [0.5, 0.6) is 0 Å². The third kappa shape index (κ3) is 3.71. The van der Waals surface area contributed by atoms with E-state index in [2.05, 4.69) is 36.1 Å². The van der Waals surface area contributed by atoms with E-state index in [9.17, 15) is 4.79 Å². The van der Waals surface area contributed by atoms with Crippen LogP contribution in [-0.2, 0) is 7.05 Å². The van der Waals surface area contributed by atoms with Gasteiger partial charge in [-0.2, -0.15) is 15.2 Å². The molecule has 3 N–H and O–H groups in total. The summed E-state index contributed by atoms with van der Waals surface area (Å²) in [6.45, 7) is 0. The Morgan fingerprint density at radius 1 is 1.23 bits per heavy atom. The minimum atomic E-state index is -0.259. The first-order valence-electron chi connectivity index (χ1n) is 9.19. The third-order valence-corrected chi connectivity index (χ3v) is 4.98. The number of anilines is 3. The number of hydrogen-bond acceptors (Lipinski definition) is 7. The molecule has 10 nitrogen and oxygen atoms in total. The fourth-order valence-corrected chi connectivity index (χ4v) is 3.32. The van der Waals surface area contributed by atoms with E-state index in [-0.39, 0.29) is 11.9 Å². The summed E-state index contributed by atoms with van der Waals surface area (Å²) in [6.07, 6.45) is 4.79. The molecule has 0 bridgehead atoms. The molecule has 31 heavy (non-hydrogen) atoms. The molecule has 5 aromatic rings. The summed E-state index contributed by atoms with van der Waals surface area (Å²) in [5.74, 6) is 0.102. The molecule has 11 heteroatoms. The summed E-state index contributed by atoms with van der Waals surface area (Å²) >= 11 is 6.42. The van der Waals surface area contributed by atoms with Crippen molar-refractivity contribution in [1.29, 1.82) is 0 Å². The van der Waals surface area contributed by atoms with Gasteiger partial charge in [0, 0.05) is 29.9 Å². The van der Waals surface area contributed by atoms with Crippen molar-refractivity contribution in [3.8, 4) is 11.4 Å². The normalized spacial score (nSPS) is 11.0. The molecule has 0 saturated heterocycles. The molecule has 0 atom stereocenters. The fourth-order valence-electron chi connectivity index (χ4n) is 3.06. The summed E-state index contributed by atoms with van der Waals surface area (Å²) in [6, 6.07) is 11.0. The molecule has 0 aliphatic carbocycles. The van der Waals surface area contributed by atoms with Crippen LogP contribution in [0.4, 0.5) is 17.4 Å². The molecule has 154 valence electrons. The number of hydrogen-bond donors (Lipinski definition) is 3. The predicted molar refractivity (Wildman–Crippen MR) is 115 cm³/mol. The quantitative estimate of drug-likeness (QED) is 0.381. The van der Waals surface area contributed by atoms with Gasteiger partial charge in [-0.1, -0.05) is 28.9 Å². The molecule has 0 aliphatic heterocycles. The van der Waals surface area contributed by atoms with Crippen LogP contribution in [0.1, 0.15) is 10.4 Å². The second-order valence-electron chi connectivity index (χ2n) is 6.74. The first kappa shape index (κ1) is 18.8. The highest BCUT2D eigenvalue weighted by atomic mass is 35.5. The van der Waals surface area contributed by atoms with Gasteiger partial charge in [-0.25, -0.2) is 0 Å². The van der Waals surface area contributed by atoms with Crippen molar-refractivity contribution in [1.82, 2.24) is 30.1 Å². The highest BCUT2D eigenvalue weighted by molar-refractivity contribution is 6.38. The minimum Gasteiger partial charge on any atom is -0.322 e. The van der Waals surface area contributed by atoms with Gasteiger partial charge in [0.15, 0.2) is 0 Å². The average Bonchev–Trinajstić information content (AvgIpc) is 3.51. The Kier molecular flexibility index (Phi) is 4.60. The molecule has 0 radical (unpaired) electrons. The number of aryl methyl sites for hydroxylation is 1. The van der Waals surface area contributed by atoms with Crippen LogP contribution in [0.25, 0.3) is 22.3 Å². The molecule has 2 aromatic carbocycles. The van der Waals surface area contributed by atoms with Crippen LogP contribution in [0, 0.1) is 0 Å². The van der Waals surface area contributed by atoms with Gasteiger partial charge < -0.3 is 15.2 Å². The van der Waals surface area contributed by atoms with E-state index in [0.29, 0.717) is 33.3 Å². The fraction of sp³-hybridized carbons (Fsp3) is 0.0500. The van der Waals surface area contributed by atoms with Gasteiger partial charge in [-0.15, -0.1) is 0 Å². The van der Waals surface area contributed by atoms with Crippen molar-refractivity contribution in [2.45, 2.75) is 0 Å². The maximum absolute atomic E-state index is 12.3. The van der Waals surface area contributed by atoms with Crippen LogP contribution in [-0.4, -0.2) is 36.0 Å². The smallest absolute Gasteiger partial charge is 0.322 e. The van der Waals surface area contributed by atoms with E-state index in [4.69, 9.17) is 16.1 Å². The van der Waals surface area contributed by atoms with Gasteiger partial charge in [-0.05, 0) is 24.3 Å². The molecule has 5 rings (SSSR count). The molecular weight excluding hydrogens is 420 g/mol. The van der Waals surface area contributed by atoms with E-state index in [1.807, 2.05) is 12.1 Å². The average molecular weight is 435 g/mol. The van der Waals surface area contributed by atoms with Gasteiger partial charge in [-0.3, -0.25) is 14.6 Å².